The van der Waals surface area contributed by atoms with E-state index < -0.39 is 0 Å². The van der Waals surface area contributed by atoms with E-state index in [1.807, 2.05) is 58.0 Å². The smallest absolute Gasteiger partial charge is 0.119 e. The maximum Gasteiger partial charge on any atom is 0.119 e. The van der Waals surface area contributed by atoms with Gasteiger partial charge in [0.05, 0.1) is 6.61 Å². The predicted molar refractivity (Wildman–Crippen MR) is 67.4 cm³/mol. The van der Waals surface area contributed by atoms with Crippen molar-refractivity contribution in [2.24, 2.45) is 5.92 Å². The topological polar surface area (TPSA) is 9.23 Å². The third-order valence-electron chi connectivity index (χ3n) is 1.93. The van der Waals surface area contributed by atoms with Crippen LogP contribution in [-0.2, 0) is 0 Å². The molecule has 1 aliphatic rings. The Morgan fingerprint density at radius 1 is 1.00 bits per heavy atom. The van der Waals surface area contributed by atoms with Gasteiger partial charge >= 0.3 is 0 Å². The minimum absolute atomic E-state index is 0.843. The first kappa shape index (κ1) is 14.0. The molecule has 1 aliphatic carbocycles. The molecule has 0 amide bonds. The molecule has 0 saturated heterocycles. The van der Waals surface area contributed by atoms with Crippen molar-refractivity contribution in [1.82, 2.24) is 0 Å². The summed E-state index contributed by atoms with van der Waals surface area (Å²) in [7, 11) is 0. The van der Waals surface area contributed by atoms with E-state index in [1.165, 1.54) is 12.8 Å². The molecule has 0 aliphatic heterocycles. The first-order chi connectivity index (χ1) is 7.45. The second-order valence-electron chi connectivity index (χ2n) is 3.07. The summed E-state index contributed by atoms with van der Waals surface area (Å²) in [5, 5.41) is 0. The van der Waals surface area contributed by atoms with Crippen molar-refractivity contribution < 1.29 is 4.74 Å². The lowest BCUT2D eigenvalue weighted by atomic mass is 10.3. The highest BCUT2D eigenvalue weighted by Gasteiger charge is 2.21. The summed E-state index contributed by atoms with van der Waals surface area (Å²) < 4.78 is 5.53. The quantitative estimate of drug-likeness (QED) is 0.709. The average molecular weight is 208 g/mol. The van der Waals surface area contributed by atoms with Gasteiger partial charge in [-0.15, -0.1) is 0 Å². The summed E-state index contributed by atoms with van der Waals surface area (Å²) >= 11 is 0. The summed E-state index contributed by atoms with van der Waals surface area (Å²) in [5.41, 5.74) is 0. The minimum atomic E-state index is 0.843. The van der Waals surface area contributed by atoms with Gasteiger partial charge in [-0.2, -0.15) is 0 Å². The Balaban J connectivity index is 0.000000442. The number of hydrogen-bond donors (Lipinski definition) is 0. The second-order valence-corrected chi connectivity index (χ2v) is 3.07. The Bertz CT molecular complexity index is 214. The van der Waals surface area contributed by atoms with Crippen LogP contribution in [0.3, 0.4) is 0 Å². The van der Waals surface area contributed by atoms with E-state index in [2.05, 4.69) is 0 Å². The van der Waals surface area contributed by atoms with Crippen LogP contribution in [0.1, 0.15) is 40.5 Å². The third kappa shape index (κ3) is 7.01. The molecule has 0 atom stereocenters. The van der Waals surface area contributed by atoms with Gasteiger partial charge in [-0.3, -0.25) is 0 Å². The van der Waals surface area contributed by atoms with Crippen LogP contribution in [-0.4, -0.2) is 6.61 Å². The SMILES string of the molecule is CC.CC.c1ccc(OCC2CC2)cc1. The Kier molecular flexibility index (Phi) is 8.95. The monoisotopic (exact) mass is 208 g/mol. The maximum absolute atomic E-state index is 5.53. The highest BCUT2D eigenvalue weighted by atomic mass is 16.5. The van der Waals surface area contributed by atoms with Crippen LogP contribution in [0, 0.1) is 5.92 Å². The van der Waals surface area contributed by atoms with Crippen LogP contribution < -0.4 is 4.74 Å². The Morgan fingerprint density at radius 3 is 2.00 bits per heavy atom. The number of para-hydroxylation sites is 1. The number of hydrogen-bond acceptors (Lipinski definition) is 1. The molecule has 1 saturated carbocycles. The summed E-state index contributed by atoms with van der Waals surface area (Å²) in [4.78, 5) is 0. The van der Waals surface area contributed by atoms with Crippen LogP contribution in [0.25, 0.3) is 0 Å². The van der Waals surface area contributed by atoms with Crippen molar-refractivity contribution in [3.63, 3.8) is 0 Å². The fourth-order valence-corrected chi connectivity index (χ4v) is 1.02. The second kappa shape index (κ2) is 9.57. The first-order valence-electron chi connectivity index (χ1n) is 6.13. The zero-order chi connectivity index (χ0) is 11.5. The number of rotatable bonds is 3. The Labute approximate surface area is 94.5 Å². The van der Waals surface area contributed by atoms with Crippen molar-refractivity contribution in [2.45, 2.75) is 40.5 Å². The molecule has 0 unspecified atom stereocenters. The van der Waals surface area contributed by atoms with E-state index in [0.29, 0.717) is 0 Å². The van der Waals surface area contributed by atoms with Crippen molar-refractivity contribution in [3.05, 3.63) is 30.3 Å². The Hall–Kier alpha value is -0.980. The van der Waals surface area contributed by atoms with Crippen LogP contribution in [0.5, 0.6) is 5.75 Å². The number of benzene rings is 1. The van der Waals surface area contributed by atoms with Gasteiger partial charge in [0.2, 0.25) is 0 Å². The van der Waals surface area contributed by atoms with E-state index in [-0.39, 0.29) is 0 Å². The highest BCUT2D eigenvalue weighted by molar-refractivity contribution is 5.20. The van der Waals surface area contributed by atoms with E-state index in [1.54, 1.807) is 0 Å². The summed E-state index contributed by atoms with van der Waals surface area (Å²) in [6.07, 6.45) is 2.71. The lowest BCUT2D eigenvalue weighted by Crippen LogP contribution is -1.97. The zero-order valence-electron chi connectivity index (χ0n) is 10.5. The van der Waals surface area contributed by atoms with Crippen molar-refractivity contribution >= 4 is 0 Å². The van der Waals surface area contributed by atoms with Crippen LogP contribution in [0.4, 0.5) is 0 Å². The molecule has 1 nitrogen and oxygen atoms in total. The third-order valence-corrected chi connectivity index (χ3v) is 1.93. The van der Waals surface area contributed by atoms with Crippen molar-refractivity contribution in [3.8, 4) is 5.75 Å². The van der Waals surface area contributed by atoms with Gasteiger partial charge in [-0.25, -0.2) is 0 Å². The maximum atomic E-state index is 5.53. The molecule has 1 fully saturated rings. The molecule has 1 aromatic rings. The molecule has 0 N–H and O–H groups in total. The molecule has 0 heterocycles. The standard InChI is InChI=1S/C10H12O.2C2H6/c1-2-4-10(5-3-1)11-8-9-6-7-9;2*1-2/h1-5,9H,6-8H2;2*1-2H3. The molecule has 0 radical (unpaired) electrons. The van der Waals surface area contributed by atoms with Gasteiger partial charge in [0.15, 0.2) is 0 Å². The first-order valence-corrected chi connectivity index (χ1v) is 6.13. The molecular formula is C14H24O. The molecule has 0 bridgehead atoms. The van der Waals surface area contributed by atoms with Gasteiger partial charge in [0.25, 0.3) is 0 Å². The molecule has 15 heavy (non-hydrogen) atoms. The van der Waals surface area contributed by atoms with Crippen molar-refractivity contribution in [2.75, 3.05) is 6.61 Å². The van der Waals surface area contributed by atoms with Gasteiger partial charge < -0.3 is 4.74 Å². The van der Waals surface area contributed by atoms with Crippen molar-refractivity contribution in [1.29, 1.82) is 0 Å². The molecule has 1 heteroatoms. The lowest BCUT2D eigenvalue weighted by Gasteiger charge is -2.02. The van der Waals surface area contributed by atoms with Gasteiger partial charge in [0.1, 0.15) is 5.75 Å². The molecule has 86 valence electrons. The van der Waals surface area contributed by atoms with E-state index in [0.717, 1.165) is 18.3 Å². The van der Waals surface area contributed by atoms with E-state index >= 15 is 0 Å². The largest absolute Gasteiger partial charge is 0.493 e. The summed E-state index contributed by atoms with van der Waals surface area (Å²) in [6, 6.07) is 10.0. The van der Waals surface area contributed by atoms with Gasteiger partial charge in [-0.05, 0) is 30.9 Å². The fraction of sp³-hybridized carbons (Fsp3) is 0.571. The predicted octanol–water partition coefficient (Wildman–Crippen LogP) is 4.53. The van der Waals surface area contributed by atoms with E-state index in [9.17, 15) is 0 Å². The molecule has 0 spiro atoms. The summed E-state index contributed by atoms with van der Waals surface area (Å²) in [6.45, 7) is 8.91. The van der Waals surface area contributed by atoms with Gasteiger partial charge in [-0.1, -0.05) is 45.9 Å². The van der Waals surface area contributed by atoms with Crippen LogP contribution >= 0.6 is 0 Å². The van der Waals surface area contributed by atoms with Gasteiger partial charge in [0, 0.05) is 0 Å². The molecule has 1 aromatic carbocycles. The van der Waals surface area contributed by atoms with Crippen LogP contribution in [0.15, 0.2) is 30.3 Å². The Morgan fingerprint density at radius 2 is 1.53 bits per heavy atom. The zero-order valence-corrected chi connectivity index (χ0v) is 10.5. The average Bonchev–Trinajstić information content (AvgIpc) is 3.17. The highest BCUT2D eigenvalue weighted by Crippen LogP contribution is 2.29. The molecule has 2 rings (SSSR count). The lowest BCUT2D eigenvalue weighted by molar-refractivity contribution is 0.300. The molecule has 0 aromatic heterocycles. The van der Waals surface area contributed by atoms with Crippen LogP contribution in [0.2, 0.25) is 0 Å². The summed E-state index contributed by atoms with van der Waals surface area (Å²) in [5.74, 6) is 1.84. The van der Waals surface area contributed by atoms with E-state index in [4.69, 9.17) is 4.74 Å². The molecular weight excluding hydrogens is 184 g/mol. The minimum Gasteiger partial charge on any atom is -0.493 e. The normalized spacial score (nSPS) is 12.8. The number of ether oxygens (including phenoxy) is 1. The fourth-order valence-electron chi connectivity index (χ4n) is 1.02.